The van der Waals surface area contributed by atoms with Crippen LogP contribution in [0.5, 0.6) is 11.5 Å². The van der Waals surface area contributed by atoms with E-state index in [2.05, 4.69) is 53.3 Å². The normalized spacial score (nSPS) is 14.8. The number of nitrogens with one attached hydrogen (secondary N) is 1. The number of anilines is 1. The van der Waals surface area contributed by atoms with Crippen LogP contribution in [0.2, 0.25) is 5.02 Å². The minimum atomic E-state index is -0.107. The zero-order valence-corrected chi connectivity index (χ0v) is 23.2. The molecular formula is C31H33ClN4O3. The van der Waals surface area contributed by atoms with Gasteiger partial charge in [0.05, 0.1) is 12.2 Å². The molecule has 8 heteroatoms. The van der Waals surface area contributed by atoms with Gasteiger partial charge in [0.15, 0.2) is 5.75 Å². The predicted molar refractivity (Wildman–Crippen MR) is 153 cm³/mol. The van der Waals surface area contributed by atoms with Gasteiger partial charge in [0.2, 0.25) is 17.6 Å². The number of nitrogens with zero attached hydrogens (tertiary/aromatic N) is 3. The van der Waals surface area contributed by atoms with Crippen molar-refractivity contribution in [1.29, 1.82) is 0 Å². The van der Waals surface area contributed by atoms with E-state index >= 15 is 0 Å². The lowest BCUT2D eigenvalue weighted by atomic mass is 9.87. The second kappa shape index (κ2) is 11.6. The average Bonchev–Trinajstić information content (AvgIpc) is 3.39. The third-order valence-electron chi connectivity index (χ3n) is 6.96. The second-order valence-corrected chi connectivity index (χ2v) is 11.4. The number of benzene rings is 3. The lowest BCUT2D eigenvalue weighted by Gasteiger charge is -2.30. The van der Waals surface area contributed by atoms with Crippen LogP contribution in [0.15, 0.2) is 77.3 Å². The molecule has 1 aromatic heterocycles. The van der Waals surface area contributed by atoms with Crippen LogP contribution < -0.4 is 10.1 Å². The van der Waals surface area contributed by atoms with Crippen molar-refractivity contribution in [3.8, 4) is 22.9 Å². The summed E-state index contributed by atoms with van der Waals surface area (Å²) in [5.74, 6) is 2.27. The number of carbonyl (C=O) groups is 1. The Morgan fingerprint density at radius 2 is 1.77 bits per heavy atom. The van der Waals surface area contributed by atoms with E-state index in [-0.39, 0.29) is 17.2 Å². The van der Waals surface area contributed by atoms with Gasteiger partial charge in [0, 0.05) is 16.5 Å². The van der Waals surface area contributed by atoms with E-state index in [1.807, 2.05) is 42.5 Å². The van der Waals surface area contributed by atoms with Crippen LogP contribution in [0.25, 0.3) is 11.4 Å². The fourth-order valence-electron chi connectivity index (χ4n) is 4.64. The summed E-state index contributed by atoms with van der Waals surface area (Å²) in [6.45, 7) is 8.66. The number of carbonyl (C=O) groups excluding carboxylic acids is 1. The number of piperidine rings is 1. The summed E-state index contributed by atoms with van der Waals surface area (Å²) in [4.78, 5) is 20.0. The number of hydrogen-bond acceptors (Lipinski definition) is 6. The Balaban J connectivity index is 1.15. The Morgan fingerprint density at radius 1 is 1.05 bits per heavy atom. The fraction of sp³-hybridized carbons (Fsp3) is 0.323. The van der Waals surface area contributed by atoms with Gasteiger partial charge in [0.25, 0.3) is 0 Å². The summed E-state index contributed by atoms with van der Waals surface area (Å²) in [5, 5.41) is 7.74. The number of halogens is 1. The van der Waals surface area contributed by atoms with Gasteiger partial charge in [-0.2, -0.15) is 4.98 Å². The number of rotatable bonds is 7. The van der Waals surface area contributed by atoms with E-state index in [9.17, 15) is 4.79 Å². The first kappa shape index (κ1) is 26.9. The molecule has 7 nitrogen and oxygen atoms in total. The van der Waals surface area contributed by atoms with E-state index in [0.29, 0.717) is 40.5 Å². The summed E-state index contributed by atoms with van der Waals surface area (Å²) in [7, 11) is 0. The summed E-state index contributed by atoms with van der Waals surface area (Å²) in [6.07, 6.45) is 1.47. The molecule has 1 saturated heterocycles. The van der Waals surface area contributed by atoms with Crippen molar-refractivity contribution in [1.82, 2.24) is 15.0 Å². The van der Waals surface area contributed by atoms with Gasteiger partial charge in [0.1, 0.15) is 5.75 Å². The van der Waals surface area contributed by atoms with Crippen molar-refractivity contribution in [2.45, 2.75) is 45.6 Å². The molecule has 0 bridgehead atoms. The highest BCUT2D eigenvalue weighted by atomic mass is 35.5. The lowest BCUT2D eigenvalue weighted by molar-refractivity contribution is -0.121. The van der Waals surface area contributed by atoms with Crippen molar-refractivity contribution < 1.29 is 14.1 Å². The van der Waals surface area contributed by atoms with E-state index in [0.717, 1.165) is 31.5 Å². The third-order valence-corrected chi connectivity index (χ3v) is 7.20. The number of para-hydroxylation sites is 1. The van der Waals surface area contributed by atoms with Gasteiger partial charge in [-0.05, 0) is 67.2 Å². The van der Waals surface area contributed by atoms with E-state index < -0.39 is 0 Å². The number of ether oxygens (including phenoxy) is 1. The molecule has 2 heterocycles. The van der Waals surface area contributed by atoms with Gasteiger partial charge in [-0.25, -0.2) is 0 Å². The van der Waals surface area contributed by atoms with Crippen LogP contribution in [0.4, 0.5) is 5.69 Å². The Hall–Kier alpha value is -3.68. The molecule has 0 radical (unpaired) electrons. The van der Waals surface area contributed by atoms with Crippen LogP contribution in [-0.4, -0.2) is 34.0 Å². The molecule has 1 fully saturated rings. The molecule has 0 spiro atoms. The molecule has 5 rings (SSSR count). The Kier molecular flexibility index (Phi) is 8.00. The zero-order valence-electron chi connectivity index (χ0n) is 22.5. The number of likely N-dealkylation sites (tertiary alicyclic amines) is 1. The SMILES string of the molecule is CC(C)(C)c1ccc(-c2noc(CN3CCC(C(=O)Nc4cc(Cl)ccc4Oc4ccccc4)CC3)n2)cc1. The maximum Gasteiger partial charge on any atom is 0.241 e. The Morgan fingerprint density at radius 3 is 2.46 bits per heavy atom. The lowest BCUT2D eigenvalue weighted by Crippen LogP contribution is -2.37. The van der Waals surface area contributed by atoms with E-state index in [1.165, 1.54) is 5.56 Å². The van der Waals surface area contributed by atoms with Crippen molar-refractivity contribution in [3.63, 3.8) is 0 Å². The summed E-state index contributed by atoms with van der Waals surface area (Å²) in [6, 6.07) is 23.0. The van der Waals surface area contributed by atoms with Crippen LogP contribution in [0.1, 0.15) is 45.1 Å². The molecule has 3 aromatic carbocycles. The first-order valence-electron chi connectivity index (χ1n) is 13.2. The molecule has 202 valence electrons. The number of hydrogen-bond donors (Lipinski definition) is 1. The van der Waals surface area contributed by atoms with Gasteiger partial charge in [-0.3, -0.25) is 9.69 Å². The number of aromatic nitrogens is 2. The molecule has 0 atom stereocenters. The van der Waals surface area contributed by atoms with Gasteiger partial charge < -0.3 is 14.6 Å². The molecule has 1 amide bonds. The highest BCUT2D eigenvalue weighted by molar-refractivity contribution is 6.31. The maximum atomic E-state index is 13.1. The largest absolute Gasteiger partial charge is 0.455 e. The van der Waals surface area contributed by atoms with Crippen LogP contribution in [-0.2, 0) is 16.8 Å². The van der Waals surface area contributed by atoms with Crippen LogP contribution in [0, 0.1) is 5.92 Å². The third kappa shape index (κ3) is 6.85. The molecule has 39 heavy (non-hydrogen) atoms. The highest BCUT2D eigenvalue weighted by Crippen LogP contribution is 2.33. The minimum absolute atomic E-state index is 0.0337. The van der Waals surface area contributed by atoms with Crippen LogP contribution >= 0.6 is 11.6 Å². The zero-order chi connectivity index (χ0) is 27.4. The molecule has 4 aromatic rings. The Labute approximate surface area is 234 Å². The van der Waals surface area contributed by atoms with Crippen LogP contribution in [0.3, 0.4) is 0 Å². The monoisotopic (exact) mass is 544 g/mol. The molecule has 0 unspecified atom stereocenters. The second-order valence-electron chi connectivity index (χ2n) is 10.9. The molecular weight excluding hydrogens is 512 g/mol. The van der Waals surface area contributed by atoms with E-state index in [1.54, 1.807) is 18.2 Å². The van der Waals surface area contributed by atoms with Crippen molar-refractivity contribution in [2.75, 3.05) is 18.4 Å². The number of amides is 1. The van der Waals surface area contributed by atoms with Crippen molar-refractivity contribution in [2.24, 2.45) is 5.92 Å². The molecule has 0 aliphatic carbocycles. The van der Waals surface area contributed by atoms with E-state index in [4.69, 9.17) is 20.9 Å². The first-order chi connectivity index (χ1) is 18.7. The Bertz CT molecular complexity index is 1410. The molecule has 0 saturated carbocycles. The summed E-state index contributed by atoms with van der Waals surface area (Å²) in [5.41, 5.74) is 2.85. The first-order valence-corrected chi connectivity index (χ1v) is 13.6. The van der Waals surface area contributed by atoms with Crippen molar-refractivity contribution in [3.05, 3.63) is 89.3 Å². The topological polar surface area (TPSA) is 80.5 Å². The smallest absolute Gasteiger partial charge is 0.241 e. The molecule has 1 N–H and O–H groups in total. The molecule has 1 aliphatic rings. The summed E-state index contributed by atoms with van der Waals surface area (Å²) < 4.78 is 11.5. The molecule has 1 aliphatic heterocycles. The summed E-state index contributed by atoms with van der Waals surface area (Å²) >= 11 is 6.22. The predicted octanol–water partition coefficient (Wildman–Crippen LogP) is 7.33. The maximum absolute atomic E-state index is 13.1. The average molecular weight is 545 g/mol. The highest BCUT2D eigenvalue weighted by Gasteiger charge is 2.27. The minimum Gasteiger partial charge on any atom is -0.455 e. The van der Waals surface area contributed by atoms with Gasteiger partial charge in [-0.1, -0.05) is 80.0 Å². The standard InChI is InChI=1S/C31H33ClN4O3/c1-31(2,3)23-11-9-21(10-12-23)29-34-28(39-35-29)20-36-17-15-22(16-18-36)30(37)33-26-19-24(32)13-14-27(26)38-25-7-5-4-6-8-25/h4-14,19,22H,15-18,20H2,1-3H3,(H,33,37). The fourth-order valence-corrected chi connectivity index (χ4v) is 4.81. The van der Waals surface area contributed by atoms with Crippen molar-refractivity contribution >= 4 is 23.2 Å². The quantitative estimate of drug-likeness (QED) is 0.262. The van der Waals surface area contributed by atoms with Gasteiger partial charge >= 0.3 is 0 Å². The van der Waals surface area contributed by atoms with Gasteiger partial charge in [-0.15, -0.1) is 0 Å².